The quantitative estimate of drug-likeness (QED) is 0.478. The molecule has 0 aliphatic rings. The van der Waals surface area contributed by atoms with Crippen LogP contribution in [0.3, 0.4) is 0 Å². The Balaban J connectivity index is 3.32. The SMILES string of the molecule is COC(=O)c1cc(Cl)nc(Cl)c1CBr. The molecule has 1 aromatic rings. The molecule has 0 unspecified atom stereocenters. The van der Waals surface area contributed by atoms with Crippen LogP contribution in [0, 0.1) is 0 Å². The predicted octanol–water partition coefficient (Wildman–Crippen LogP) is 3.07. The first-order valence-electron chi connectivity index (χ1n) is 3.59. The van der Waals surface area contributed by atoms with Crippen molar-refractivity contribution < 1.29 is 9.53 Å². The van der Waals surface area contributed by atoms with Crippen LogP contribution in [0.25, 0.3) is 0 Å². The Hall–Kier alpha value is -0.320. The second-order valence-corrected chi connectivity index (χ2v) is 3.69. The van der Waals surface area contributed by atoms with Crippen molar-refractivity contribution in [2.75, 3.05) is 7.11 Å². The maximum atomic E-state index is 11.3. The fourth-order valence-electron chi connectivity index (χ4n) is 0.930. The zero-order chi connectivity index (χ0) is 10.7. The minimum atomic E-state index is -0.481. The van der Waals surface area contributed by atoms with Gasteiger partial charge in [-0.05, 0) is 6.07 Å². The molecule has 1 heterocycles. The van der Waals surface area contributed by atoms with Crippen LogP contribution in [-0.4, -0.2) is 18.1 Å². The van der Waals surface area contributed by atoms with Crippen molar-refractivity contribution in [3.05, 3.63) is 27.5 Å². The summed E-state index contributed by atoms with van der Waals surface area (Å²) >= 11 is 14.7. The summed E-state index contributed by atoms with van der Waals surface area (Å²) in [5, 5.41) is 0.787. The highest BCUT2D eigenvalue weighted by atomic mass is 79.9. The molecular formula is C8H6BrCl2NO2. The summed E-state index contributed by atoms with van der Waals surface area (Å²) in [6.45, 7) is 0. The van der Waals surface area contributed by atoms with Crippen LogP contribution in [-0.2, 0) is 10.1 Å². The number of halogens is 3. The summed E-state index contributed by atoms with van der Waals surface area (Å²) in [6.07, 6.45) is 0. The van der Waals surface area contributed by atoms with Crippen molar-refractivity contribution in [2.24, 2.45) is 0 Å². The van der Waals surface area contributed by atoms with Gasteiger partial charge in [0.1, 0.15) is 10.3 Å². The first-order chi connectivity index (χ1) is 6.60. The van der Waals surface area contributed by atoms with E-state index in [9.17, 15) is 4.79 Å². The van der Waals surface area contributed by atoms with Crippen molar-refractivity contribution in [2.45, 2.75) is 5.33 Å². The van der Waals surface area contributed by atoms with Crippen LogP contribution in [0.15, 0.2) is 6.07 Å². The molecule has 0 fully saturated rings. The Kier molecular flexibility index (Phi) is 4.16. The number of esters is 1. The number of methoxy groups -OCH3 is 1. The minimum absolute atomic E-state index is 0.167. The Labute approximate surface area is 99.5 Å². The lowest BCUT2D eigenvalue weighted by molar-refractivity contribution is 0.0599. The summed E-state index contributed by atoms with van der Waals surface area (Å²) in [5.74, 6) is -0.481. The molecule has 1 aromatic heterocycles. The van der Waals surface area contributed by atoms with Gasteiger partial charge in [-0.25, -0.2) is 9.78 Å². The molecule has 0 atom stereocenters. The normalized spacial score (nSPS) is 10.0. The van der Waals surface area contributed by atoms with E-state index in [0.29, 0.717) is 16.5 Å². The smallest absolute Gasteiger partial charge is 0.338 e. The van der Waals surface area contributed by atoms with Gasteiger partial charge in [-0.15, -0.1) is 0 Å². The van der Waals surface area contributed by atoms with Crippen LogP contribution < -0.4 is 0 Å². The fraction of sp³-hybridized carbons (Fsp3) is 0.250. The zero-order valence-corrected chi connectivity index (χ0v) is 10.3. The molecule has 0 aliphatic heterocycles. The van der Waals surface area contributed by atoms with E-state index >= 15 is 0 Å². The van der Waals surface area contributed by atoms with Crippen molar-refractivity contribution in [3.8, 4) is 0 Å². The summed E-state index contributed by atoms with van der Waals surface area (Å²) in [5.41, 5.74) is 0.900. The molecule has 6 heteroatoms. The van der Waals surface area contributed by atoms with Gasteiger partial charge in [0.2, 0.25) is 0 Å². The first kappa shape index (κ1) is 11.8. The average Bonchev–Trinajstić information content (AvgIpc) is 2.15. The molecule has 14 heavy (non-hydrogen) atoms. The van der Waals surface area contributed by atoms with E-state index in [4.69, 9.17) is 23.2 Å². The molecule has 0 saturated carbocycles. The maximum absolute atomic E-state index is 11.3. The molecule has 0 aromatic carbocycles. The highest BCUT2D eigenvalue weighted by Gasteiger charge is 2.16. The Morgan fingerprint density at radius 3 is 2.79 bits per heavy atom. The van der Waals surface area contributed by atoms with Crippen LogP contribution >= 0.6 is 39.1 Å². The number of ether oxygens (including phenoxy) is 1. The average molecular weight is 299 g/mol. The van der Waals surface area contributed by atoms with Crippen molar-refractivity contribution in [1.29, 1.82) is 0 Å². The Morgan fingerprint density at radius 2 is 2.29 bits per heavy atom. The fourth-order valence-corrected chi connectivity index (χ4v) is 2.16. The maximum Gasteiger partial charge on any atom is 0.338 e. The molecule has 0 saturated heterocycles. The van der Waals surface area contributed by atoms with E-state index in [1.807, 2.05) is 0 Å². The third-order valence-corrected chi connectivity index (χ3v) is 2.65. The highest BCUT2D eigenvalue weighted by molar-refractivity contribution is 9.08. The highest BCUT2D eigenvalue weighted by Crippen LogP contribution is 2.24. The predicted molar refractivity (Wildman–Crippen MR) is 58.2 cm³/mol. The Bertz CT molecular complexity index is 371. The molecule has 0 N–H and O–H groups in total. The lowest BCUT2D eigenvalue weighted by atomic mass is 10.1. The summed E-state index contributed by atoms with van der Waals surface area (Å²) < 4.78 is 4.58. The number of alkyl halides is 1. The summed E-state index contributed by atoms with van der Waals surface area (Å²) in [4.78, 5) is 15.1. The monoisotopic (exact) mass is 297 g/mol. The molecule has 0 amide bonds. The number of hydrogen-bond acceptors (Lipinski definition) is 3. The van der Waals surface area contributed by atoms with Gasteiger partial charge in [0.15, 0.2) is 0 Å². The van der Waals surface area contributed by atoms with Gasteiger partial charge in [0.05, 0.1) is 12.7 Å². The minimum Gasteiger partial charge on any atom is -0.465 e. The van der Waals surface area contributed by atoms with Gasteiger partial charge in [0, 0.05) is 10.9 Å². The van der Waals surface area contributed by atoms with Gasteiger partial charge >= 0.3 is 5.97 Å². The third kappa shape index (κ3) is 2.38. The second-order valence-electron chi connectivity index (χ2n) is 2.39. The van der Waals surface area contributed by atoms with Crippen molar-refractivity contribution in [1.82, 2.24) is 4.98 Å². The number of hydrogen-bond donors (Lipinski definition) is 0. The van der Waals surface area contributed by atoms with Gasteiger partial charge < -0.3 is 4.74 Å². The molecule has 0 radical (unpaired) electrons. The van der Waals surface area contributed by atoms with Crippen LogP contribution in [0.2, 0.25) is 10.3 Å². The first-order valence-corrected chi connectivity index (χ1v) is 5.47. The number of aromatic nitrogens is 1. The third-order valence-electron chi connectivity index (χ3n) is 1.58. The standard InChI is InChI=1S/C8H6BrCl2NO2/c1-14-8(13)4-2-6(10)12-7(11)5(4)3-9/h2H,3H2,1H3. The zero-order valence-electron chi connectivity index (χ0n) is 7.18. The molecule has 76 valence electrons. The van der Waals surface area contributed by atoms with E-state index in [0.717, 1.165) is 0 Å². The molecule has 0 spiro atoms. The molecule has 3 nitrogen and oxygen atoms in total. The number of carbonyl (C=O) groups is 1. The topological polar surface area (TPSA) is 39.2 Å². The Morgan fingerprint density at radius 1 is 1.64 bits per heavy atom. The van der Waals surface area contributed by atoms with Gasteiger partial charge in [-0.1, -0.05) is 39.1 Å². The lowest BCUT2D eigenvalue weighted by Crippen LogP contribution is -2.06. The molecule has 1 rings (SSSR count). The van der Waals surface area contributed by atoms with E-state index in [1.165, 1.54) is 13.2 Å². The van der Waals surface area contributed by atoms with Crippen molar-refractivity contribution >= 4 is 45.1 Å². The largest absolute Gasteiger partial charge is 0.465 e. The van der Waals surface area contributed by atoms with E-state index < -0.39 is 5.97 Å². The second kappa shape index (κ2) is 4.96. The van der Waals surface area contributed by atoms with Gasteiger partial charge in [-0.2, -0.15) is 0 Å². The van der Waals surface area contributed by atoms with Crippen LogP contribution in [0.5, 0.6) is 0 Å². The van der Waals surface area contributed by atoms with E-state index in [2.05, 4.69) is 25.7 Å². The van der Waals surface area contributed by atoms with E-state index in [1.54, 1.807) is 0 Å². The lowest BCUT2D eigenvalue weighted by Gasteiger charge is -2.06. The summed E-state index contributed by atoms with van der Waals surface area (Å²) in [6, 6.07) is 1.43. The number of rotatable bonds is 2. The van der Waals surface area contributed by atoms with E-state index in [-0.39, 0.29) is 10.3 Å². The van der Waals surface area contributed by atoms with Gasteiger partial charge in [0.25, 0.3) is 0 Å². The van der Waals surface area contributed by atoms with Gasteiger partial charge in [-0.3, -0.25) is 0 Å². The molecule has 0 bridgehead atoms. The van der Waals surface area contributed by atoms with Crippen LogP contribution in [0.4, 0.5) is 0 Å². The molecular weight excluding hydrogens is 293 g/mol. The number of nitrogens with zero attached hydrogens (tertiary/aromatic N) is 1. The van der Waals surface area contributed by atoms with Crippen LogP contribution in [0.1, 0.15) is 15.9 Å². The molecule has 0 aliphatic carbocycles. The number of pyridine rings is 1. The van der Waals surface area contributed by atoms with Crippen molar-refractivity contribution in [3.63, 3.8) is 0 Å². The number of carbonyl (C=O) groups excluding carboxylic acids is 1. The summed E-state index contributed by atoms with van der Waals surface area (Å²) in [7, 11) is 1.29.